The lowest BCUT2D eigenvalue weighted by Crippen LogP contribution is -2.22. The van der Waals surface area contributed by atoms with Crippen molar-refractivity contribution in [1.82, 2.24) is 4.98 Å². The number of benzene rings is 1. The van der Waals surface area contributed by atoms with Crippen LogP contribution in [0.25, 0.3) is 10.9 Å². The molecule has 1 amide bonds. The first-order chi connectivity index (χ1) is 15.1. The Hall–Kier alpha value is -3.88. The number of H-pyrrole nitrogens is 1. The molecule has 3 aromatic rings. The van der Waals surface area contributed by atoms with Crippen LogP contribution in [0.3, 0.4) is 0 Å². The fraction of sp³-hybridized carbons (Fsp3) is 0.304. The molecular formula is C23H24N2O7. The van der Waals surface area contributed by atoms with Crippen molar-refractivity contribution in [3.63, 3.8) is 0 Å². The monoisotopic (exact) mass is 440 g/mol. The zero-order valence-corrected chi connectivity index (χ0v) is 18.5. The van der Waals surface area contributed by atoms with Crippen LogP contribution in [0.15, 0.2) is 22.6 Å². The molecule has 0 aliphatic carbocycles. The van der Waals surface area contributed by atoms with Crippen LogP contribution in [0, 0.1) is 20.8 Å². The Balaban J connectivity index is 1.73. The molecular weight excluding hydrogens is 416 g/mol. The lowest BCUT2D eigenvalue weighted by molar-refractivity contribution is -0.119. The van der Waals surface area contributed by atoms with Crippen LogP contribution in [0.1, 0.15) is 61.9 Å². The van der Waals surface area contributed by atoms with Gasteiger partial charge in [0.05, 0.1) is 17.7 Å². The van der Waals surface area contributed by atoms with Crippen LogP contribution >= 0.6 is 0 Å². The lowest BCUT2D eigenvalue weighted by Gasteiger charge is -2.07. The van der Waals surface area contributed by atoms with E-state index in [9.17, 15) is 19.2 Å². The van der Waals surface area contributed by atoms with Crippen LogP contribution in [-0.4, -0.2) is 41.8 Å². The van der Waals surface area contributed by atoms with Gasteiger partial charge in [-0.2, -0.15) is 0 Å². The summed E-state index contributed by atoms with van der Waals surface area (Å²) in [7, 11) is 0. The quantitative estimate of drug-likeness (QED) is 0.422. The third-order valence-corrected chi connectivity index (χ3v) is 5.05. The molecule has 0 atom stereocenters. The number of anilines is 1. The summed E-state index contributed by atoms with van der Waals surface area (Å²) < 4.78 is 15.5. The average molecular weight is 440 g/mol. The number of aromatic nitrogens is 1. The van der Waals surface area contributed by atoms with Gasteiger partial charge in [-0.15, -0.1) is 0 Å². The molecule has 9 nitrogen and oxygen atoms in total. The van der Waals surface area contributed by atoms with E-state index in [4.69, 9.17) is 13.9 Å². The Labute approximate surface area is 184 Å². The molecule has 0 unspecified atom stereocenters. The summed E-state index contributed by atoms with van der Waals surface area (Å²) in [5, 5.41) is 3.27. The first-order valence-electron chi connectivity index (χ1n) is 10.0. The summed E-state index contributed by atoms with van der Waals surface area (Å²) in [6.45, 7) is 7.74. The molecule has 0 fully saturated rings. The molecule has 0 aliphatic heterocycles. The van der Waals surface area contributed by atoms with Gasteiger partial charge in [0.15, 0.2) is 12.4 Å². The second-order valence-electron chi connectivity index (χ2n) is 7.27. The molecule has 2 heterocycles. The van der Waals surface area contributed by atoms with Crippen LogP contribution in [0.2, 0.25) is 0 Å². The Morgan fingerprint density at radius 3 is 2.41 bits per heavy atom. The molecule has 0 saturated heterocycles. The number of aryl methyl sites for hydroxylation is 3. The van der Waals surface area contributed by atoms with Crippen molar-refractivity contribution in [2.24, 2.45) is 0 Å². The smallest absolute Gasteiger partial charge is 0.344 e. The first-order valence-corrected chi connectivity index (χ1v) is 10.0. The Bertz CT molecular complexity index is 1230. The maximum atomic E-state index is 12.4. The van der Waals surface area contributed by atoms with Gasteiger partial charge >= 0.3 is 11.9 Å². The zero-order valence-electron chi connectivity index (χ0n) is 18.5. The van der Waals surface area contributed by atoms with Gasteiger partial charge in [-0.3, -0.25) is 14.9 Å². The predicted molar refractivity (Wildman–Crippen MR) is 116 cm³/mol. The van der Waals surface area contributed by atoms with Gasteiger partial charge < -0.3 is 18.9 Å². The van der Waals surface area contributed by atoms with Crippen LogP contribution in [0.5, 0.6) is 0 Å². The summed E-state index contributed by atoms with van der Waals surface area (Å²) in [5.41, 5.74) is 3.08. The highest BCUT2D eigenvalue weighted by atomic mass is 16.5. The Morgan fingerprint density at radius 1 is 1.03 bits per heavy atom. The van der Waals surface area contributed by atoms with E-state index in [-0.39, 0.29) is 29.4 Å². The van der Waals surface area contributed by atoms with Gasteiger partial charge in [0.25, 0.3) is 5.91 Å². The number of ketones is 1. The number of rotatable bonds is 7. The fourth-order valence-electron chi connectivity index (χ4n) is 3.42. The highest BCUT2D eigenvalue weighted by Crippen LogP contribution is 2.28. The van der Waals surface area contributed by atoms with Crippen molar-refractivity contribution in [3.8, 4) is 0 Å². The summed E-state index contributed by atoms with van der Waals surface area (Å²) in [5.74, 6) is -2.68. The number of amides is 1. The highest BCUT2D eigenvalue weighted by Gasteiger charge is 2.29. The summed E-state index contributed by atoms with van der Waals surface area (Å²) >= 11 is 0. The van der Waals surface area contributed by atoms with Crippen molar-refractivity contribution < 1.29 is 33.1 Å². The van der Waals surface area contributed by atoms with Gasteiger partial charge in [-0.1, -0.05) is 0 Å². The van der Waals surface area contributed by atoms with Gasteiger partial charge in [-0.05, 0) is 58.4 Å². The molecule has 0 aliphatic rings. The summed E-state index contributed by atoms with van der Waals surface area (Å²) in [4.78, 5) is 52.2. The van der Waals surface area contributed by atoms with Crippen LogP contribution < -0.4 is 5.32 Å². The summed E-state index contributed by atoms with van der Waals surface area (Å²) in [6.07, 6.45) is 0. The second-order valence-corrected chi connectivity index (χ2v) is 7.27. The van der Waals surface area contributed by atoms with Crippen molar-refractivity contribution in [1.29, 1.82) is 0 Å². The maximum Gasteiger partial charge on any atom is 0.344 e. The molecule has 32 heavy (non-hydrogen) atoms. The number of furan rings is 1. The Morgan fingerprint density at radius 2 is 1.75 bits per heavy atom. The SMILES string of the molecule is CCOC(=O)c1c(NC(=O)COC(=O)c2ccc3[nH]c(C)c(C)c3c2)oc(C)c1C(C)=O. The number of carbonyl (C=O) groups is 4. The minimum atomic E-state index is -0.799. The molecule has 0 radical (unpaired) electrons. The molecule has 2 N–H and O–H groups in total. The van der Waals surface area contributed by atoms with E-state index >= 15 is 0 Å². The van der Waals surface area contributed by atoms with Crippen molar-refractivity contribution >= 4 is 40.4 Å². The van der Waals surface area contributed by atoms with Crippen molar-refractivity contribution in [2.45, 2.75) is 34.6 Å². The van der Waals surface area contributed by atoms with Gasteiger partial charge in [0, 0.05) is 16.6 Å². The van der Waals surface area contributed by atoms with Crippen LogP contribution in [-0.2, 0) is 14.3 Å². The molecule has 2 aromatic heterocycles. The van der Waals surface area contributed by atoms with Crippen molar-refractivity contribution in [2.75, 3.05) is 18.5 Å². The van der Waals surface area contributed by atoms with E-state index in [1.165, 1.54) is 13.8 Å². The number of fused-ring (bicyclic) bond motifs is 1. The standard InChI is InChI=1S/C23H24N2O7/c1-6-30-23(29)20-19(13(4)26)14(5)32-21(20)25-18(27)10-31-22(28)15-7-8-17-16(9-15)11(2)12(3)24-17/h7-9,24H,6,10H2,1-5H3,(H,25,27). The molecule has 0 spiro atoms. The molecule has 0 saturated carbocycles. The van der Waals surface area contributed by atoms with E-state index in [2.05, 4.69) is 10.3 Å². The van der Waals surface area contributed by atoms with E-state index in [0.29, 0.717) is 5.56 Å². The lowest BCUT2D eigenvalue weighted by atomic mass is 10.1. The van der Waals surface area contributed by atoms with E-state index in [1.54, 1.807) is 25.1 Å². The first kappa shape index (κ1) is 22.8. The number of hydrogen-bond acceptors (Lipinski definition) is 7. The number of hydrogen-bond donors (Lipinski definition) is 2. The number of nitrogens with one attached hydrogen (secondary N) is 2. The topological polar surface area (TPSA) is 128 Å². The number of Topliss-reactive ketones (excluding diaryl/α,β-unsaturated/α-hetero) is 1. The van der Waals surface area contributed by atoms with E-state index in [1.807, 2.05) is 13.8 Å². The van der Waals surface area contributed by atoms with E-state index < -0.39 is 30.2 Å². The predicted octanol–water partition coefficient (Wildman–Crippen LogP) is 3.86. The highest BCUT2D eigenvalue weighted by molar-refractivity contribution is 6.11. The summed E-state index contributed by atoms with van der Waals surface area (Å²) in [6, 6.07) is 5.07. The zero-order chi connectivity index (χ0) is 23.6. The molecule has 168 valence electrons. The Kier molecular flexibility index (Phi) is 6.47. The third-order valence-electron chi connectivity index (χ3n) is 5.05. The normalized spacial score (nSPS) is 10.8. The third kappa shape index (κ3) is 4.41. The average Bonchev–Trinajstić information content (AvgIpc) is 3.21. The number of carbonyl (C=O) groups excluding carboxylic acids is 4. The molecule has 3 rings (SSSR count). The van der Waals surface area contributed by atoms with Gasteiger partial charge in [0.1, 0.15) is 11.3 Å². The van der Waals surface area contributed by atoms with Gasteiger partial charge in [0.2, 0.25) is 5.88 Å². The van der Waals surface area contributed by atoms with Gasteiger partial charge in [-0.25, -0.2) is 9.59 Å². The number of aromatic amines is 1. The number of esters is 2. The van der Waals surface area contributed by atoms with E-state index in [0.717, 1.165) is 22.2 Å². The largest absolute Gasteiger partial charge is 0.462 e. The maximum absolute atomic E-state index is 12.4. The minimum absolute atomic E-state index is 0.0289. The molecule has 1 aromatic carbocycles. The van der Waals surface area contributed by atoms with Crippen LogP contribution in [0.4, 0.5) is 5.88 Å². The molecule has 9 heteroatoms. The van der Waals surface area contributed by atoms with Crippen molar-refractivity contribution in [3.05, 3.63) is 51.9 Å². The second kappa shape index (κ2) is 9.09. The molecule has 0 bridgehead atoms. The fourth-order valence-corrected chi connectivity index (χ4v) is 3.42. The number of ether oxygens (including phenoxy) is 2. The minimum Gasteiger partial charge on any atom is -0.462 e.